The Morgan fingerprint density at radius 1 is 1.12 bits per heavy atom. The number of thiol groups is 1. The Kier molecular flexibility index (Phi) is 6.12. The molecule has 1 fully saturated rings. The summed E-state index contributed by atoms with van der Waals surface area (Å²) >= 11 is 2.01. The van der Waals surface area contributed by atoms with Gasteiger partial charge in [-0.2, -0.15) is 11.8 Å². The fourth-order valence-electron chi connectivity index (χ4n) is 3.08. The molecule has 136 valence electrons. The van der Waals surface area contributed by atoms with Crippen LogP contribution in [0.5, 0.6) is 0 Å². The standard InChI is InChI=1S/C19H23FO2S3/c1-15-12-23-9-10-24(15)19-4-2-3-17(11-19)14-25(21,22)13-16-5-7-18(20)8-6-16/h2-8,11,15,24H,9-10,12-14H2,1H3. The second kappa shape index (κ2) is 8.14. The molecule has 1 aliphatic heterocycles. The highest BCUT2D eigenvalue weighted by Crippen LogP contribution is 2.45. The zero-order valence-electron chi connectivity index (χ0n) is 14.2. The first-order valence-electron chi connectivity index (χ1n) is 8.31. The predicted molar refractivity (Wildman–Crippen MR) is 108 cm³/mol. The molecule has 25 heavy (non-hydrogen) atoms. The molecule has 0 aliphatic carbocycles. The SMILES string of the molecule is CC1CSCC[SH]1c1cccc(CS(=O)(=O)Cc2ccc(F)cc2)c1. The van der Waals surface area contributed by atoms with Crippen LogP contribution in [-0.2, 0) is 21.3 Å². The van der Waals surface area contributed by atoms with Crippen LogP contribution >= 0.6 is 22.7 Å². The van der Waals surface area contributed by atoms with E-state index >= 15 is 0 Å². The summed E-state index contributed by atoms with van der Waals surface area (Å²) in [4.78, 5) is 1.32. The van der Waals surface area contributed by atoms with Crippen molar-refractivity contribution in [1.82, 2.24) is 0 Å². The maximum atomic E-state index is 13.0. The topological polar surface area (TPSA) is 34.1 Å². The van der Waals surface area contributed by atoms with Crippen molar-refractivity contribution in [2.45, 2.75) is 28.6 Å². The monoisotopic (exact) mass is 398 g/mol. The maximum absolute atomic E-state index is 13.0. The van der Waals surface area contributed by atoms with Gasteiger partial charge in [0.2, 0.25) is 0 Å². The molecule has 0 aromatic heterocycles. The summed E-state index contributed by atoms with van der Waals surface area (Å²) in [6.07, 6.45) is 0. The number of hydrogen-bond donors (Lipinski definition) is 1. The number of benzene rings is 2. The average molecular weight is 399 g/mol. The third-order valence-corrected chi connectivity index (χ3v) is 10.5. The van der Waals surface area contributed by atoms with Crippen molar-refractivity contribution in [3.63, 3.8) is 0 Å². The summed E-state index contributed by atoms with van der Waals surface area (Å²) in [7, 11) is -3.48. The highest BCUT2D eigenvalue weighted by molar-refractivity contribution is 8.19. The van der Waals surface area contributed by atoms with Gasteiger partial charge >= 0.3 is 0 Å². The van der Waals surface area contributed by atoms with E-state index < -0.39 is 9.84 Å². The predicted octanol–water partition coefficient (Wildman–Crippen LogP) is 4.44. The van der Waals surface area contributed by atoms with Crippen molar-refractivity contribution >= 4 is 32.5 Å². The molecule has 2 nitrogen and oxygen atoms in total. The molecule has 0 N–H and O–H groups in total. The van der Waals surface area contributed by atoms with Crippen molar-refractivity contribution in [2.24, 2.45) is 0 Å². The van der Waals surface area contributed by atoms with Crippen LogP contribution in [0.25, 0.3) is 0 Å². The molecule has 6 heteroatoms. The smallest absolute Gasteiger partial charge is 0.158 e. The van der Waals surface area contributed by atoms with E-state index in [2.05, 4.69) is 19.1 Å². The van der Waals surface area contributed by atoms with E-state index in [4.69, 9.17) is 0 Å². The summed E-state index contributed by atoms with van der Waals surface area (Å²) in [5.41, 5.74) is 1.48. The number of sulfone groups is 1. The first-order chi connectivity index (χ1) is 11.9. The minimum atomic E-state index is -3.28. The summed E-state index contributed by atoms with van der Waals surface area (Å²) in [6, 6.07) is 13.8. The van der Waals surface area contributed by atoms with Crippen LogP contribution in [0.1, 0.15) is 18.1 Å². The molecule has 0 radical (unpaired) electrons. The van der Waals surface area contributed by atoms with Crippen LogP contribution in [0.3, 0.4) is 0 Å². The van der Waals surface area contributed by atoms with E-state index in [1.807, 2.05) is 23.9 Å². The van der Waals surface area contributed by atoms with Crippen molar-refractivity contribution < 1.29 is 12.8 Å². The highest BCUT2D eigenvalue weighted by atomic mass is 32.2. The van der Waals surface area contributed by atoms with E-state index in [-0.39, 0.29) is 28.2 Å². The molecule has 2 aromatic rings. The van der Waals surface area contributed by atoms with Crippen molar-refractivity contribution in [3.05, 3.63) is 65.5 Å². The van der Waals surface area contributed by atoms with Crippen molar-refractivity contribution in [1.29, 1.82) is 0 Å². The molecule has 0 spiro atoms. The summed E-state index contributed by atoms with van der Waals surface area (Å²) in [6.45, 7) is 2.30. The van der Waals surface area contributed by atoms with Gasteiger partial charge in [0.05, 0.1) is 11.5 Å². The number of halogens is 1. The Hall–Kier alpha value is -0.980. The molecule has 1 aliphatic rings. The first kappa shape index (κ1) is 18.8. The molecule has 2 aromatic carbocycles. The largest absolute Gasteiger partial charge is 0.228 e. The fourth-order valence-corrected chi connectivity index (χ4v) is 9.23. The summed E-state index contributed by atoms with van der Waals surface area (Å²) in [5.74, 6) is 3.23. The van der Waals surface area contributed by atoms with Gasteiger partial charge in [-0.15, -0.1) is 0 Å². The Bertz CT molecular complexity index is 819. The van der Waals surface area contributed by atoms with Gasteiger partial charge in [0, 0.05) is 11.5 Å². The molecular weight excluding hydrogens is 375 g/mol. The minimum absolute atomic E-state index is 0.0323. The van der Waals surface area contributed by atoms with Gasteiger partial charge in [-0.25, -0.2) is 23.7 Å². The van der Waals surface area contributed by atoms with Gasteiger partial charge < -0.3 is 0 Å². The van der Waals surface area contributed by atoms with E-state index in [1.165, 1.54) is 46.4 Å². The first-order valence-corrected chi connectivity index (χ1v) is 12.9. The normalized spacial score (nSPS) is 22.6. The average Bonchev–Trinajstić information content (AvgIpc) is 2.57. The third kappa shape index (κ3) is 5.25. The van der Waals surface area contributed by atoms with E-state index in [1.54, 1.807) is 0 Å². The lowest BCUT2D eigenvalue weighted by Crippen LogP contribution is -2.17. The lowest BCUT2D eigenvalue weighted by molar-refractivity contribution is 0.594. The number of thioether (sulfide) groups is 1. The van der Waals surface area contributed by atoms with Crippen molar-refractivity contribution in [2.75, 3.05) is 17.3 Å². The number of hydrogen-bond acceptors (Lipinski definition) is 3. The van der Waals surface area contributed by atoms with Crippen LogP contribution in [0.4, 0.5) is 4.39 Å². The Morgan fingerprint density at radius 3 is 2.56 bits per heavy atom. The van der Waals surface area contributed by atoms with Crippen LogP contribution in [-0.4, -0.2) is 30.9 Å². The molecule has 0 saturated carbocycles. The van der Waals surface area contributed by atoms with Crippen LogP contribution in [0, 0.1) is 5.82 Å². The van der Waals surface area contributed by atoms with E-state index in [0.717, 1.165) is 5.56 Å². The lowest BCUT2D eigenvalue weighted by Gasteiger charge is -2.33. The molecule has 2 atom stereocenters. The highest BCUT2D eigenvalue weighted by Gasteiger charge is 2.20. The molecule has 0 amide bonds. The summed E-state index contributed by atoms with van der Waals surface area (Å²) < 4.78 is 38.0. The van der Waals surface area contributed by atoms with E-state index in [9.17, 15) is 12.8 Å². The number of rotatable bonds is 5. The third-order valence-electron chi connectivity index (χ3n) is 4.30. The molecule has 1 heterocycles. The van der Waals surface area contributed by atoms with Gasteiger partial charge in [0.25, 0.3) is 0 Å². The molecular formula is C19H23FO2S3. The molecule has 0 bridgehead atoms. The Balaban J connectivity index is 1.73. The van der Waals surface area contributed by atoms with Gasteiger partial charge in [0.1, 0.15) is 5.82 Å². The maximum Gasteiger partial charge on any atom is 0.158 e. The van der Waals surface area contributed by atoms with Gasteiger partial charge in [-0.05, 0) is 45.2 Å². The lowest BCUT2D eigenvalue weighted by atomic mass is 10.2. The van der Waals surface area contributed by atoms with Gasteiger partial charge in [-0.1, -0.05) is 37.3 Å². The Labute approximate surface area is 156 Å². The fraction of sp³-hybridized carbons (Fsp3) is 0.368. The second-order valence-corrected chi connectivity index (χ2v) is 12.4. The van der Waals surface area contributed by atoms with Crippen molar-refractivity contribution in [3.8, 4) is 0 Å². The van der Waals surface area contributed by atoms with E-state index in [0.29, 0.717) is 10.8 Å². The Morgan fingerprint density at radius 2 is 1.84 bits per heavy atom. The van der Waals surface area contributed by atoms with Crippen LogP contribution < -0.4 is 0 Å². The second-order valence-electron chi connectivity index (χ2n) is 6.45. The molecule has 2 unspecified atom stereocenters. The van der Waals surface area contributed by atoms with Gasteiger partial charge in [-0.3, -0.25) is 0 Å². The zero-order chi connectivity index (χ0) is 17.9. The minimum Gasteiger partial charge on any atom is -0.228 e. The zero-order valence-corrected chi connectivity index (χ0v) is 16.7. The molecule has 1 saturated heterocycles. The quantitative estimate of drug-likeness (QED) is 0.756. The van der Waals surface area contributed by atoms with Crippen LogP contribution in [0.2, 0.25) is 0 Å². The van der Waals surface area contributed by atoms with Crippen LogP contribution in [0.15, 0.2) is 53.4 Å². The summed E-state index contributed by atoms with van der Waals surface area (Å²) in [5, 5.41) is 0.680. The van der Waals surface area contributed by atoms with Gasteiger partial charge in [0.15, 0.2) is 9.84 Å². The molecule has 3 rings (SSSR count).